The van der Waals surface area contributed by atoms with E-state index in [2.05, 4.69) is 4.98 Å². The molecule has 5 heteroatoms. The molecule has 2 aromatic rings. The number of anilines is 1. The molecular formula is C12H17N3O2. The third-order valence-electron chi connectivity index (χ3n) is 2.71. The smallest absolute Gasteiger partial charge is 0.0958 e. The van der Waals surface area contributed by atoms with Gasteiger partial charge in [0.25, 0.3) is 0 Å². The second-order valence-corrected chi connectivity index (χ2v) is 4.08. The second-order valence-electron chi connectivity index (χ2n) is 4.08. The lowest BCUT2D eigenvalue weighted by Crippen LogP contribution is -2.16. The molecule has 5 nitrogen and oxygen atoms in total. The number of nitrogens with zero attached hydrogens (tertiary/aromatic N) is 2. The molecule has 0 saturated carbocycles. The van der Waals surface area contributed by atoms with E-state index in [1.165, 1.54) is 0 Å². The molecule has 1 atom stereocenters. The van der Waals surface area contributed by atoms with Gasteiger partial charge in [-0.2, -0.15) is 0 Å². The molecule has 0 bridgehead atoms. The number of ether oxygens (including phenoxy) is 1. The molecule has 0 radical (unpaired) electrons. The number of aliphatic hydroxyl groups is 1. The number of aryl methyl sites for hydroxylation is 1. The SMILES string of the molecule is COCC(O)CCn1cnc2cc(N)ccc21. The van der Waals surface area contributed by atoms with Crippen LogP contribution in [0.25, 0.3) is 11.0 Å². The average molecular weight is 235 g/mol. The molecular weight excluding hydrogens is 218 g/mol. The number of imidazole rings is 1. The summed E-state index contributed by atoms with van der Waals surface area (Å²) in [7, 11) is 1.58. The van der Waals surface area contributed by atoms with Crippen LogP contribution in [0.1, 0.15) is 6.42 Å². The summed E-state index contributed by atoms with van der Waals surface area (Å²) >= 11 is 0. The molecule has 1 aromatic carbocycles. The average Bonchev–Trinajstić information content (AvgIpc) is 2.69. The van der Waals surface area contributed by atoms with Crippen molar-refractivity contribution in [3.05, 3.63) is 24.5 Å². The van der Waals surface area contributed by atoms with Gasteiger partial charge in [0.15, 0.2) is 0 Å². The van der Waals surface area contributed by atoms with Crippen LogP contribution >= 0.6 is 0 Å². The number of nitrogen functional groups attached to an aromatic ring is 1. The Morgan fingerprint density at radius 2 is 2.35 bits per heavy atom. The van der Waals surface area contributed by atoms with Gasteiger partial charge in [0, 0.05) is 19.3 Å². The van der Waals surface area contributed by atoms with Gasteiger partial charge >= 0.3 is 0 Å². The second kappa shape index (κ2) is 5.16. The zero-order valence-corrected chi connectivity index (χ0v) is 9.84. The van der Waals surface area contributed by atoms with Crippen molar-refractivity contribution in [3.63, 3.8) is 0 Å². The normalized spacial score (nSPS) is 13.1. The van der Waals surface area contributed by atoms with Crippen LogP contribution in [0.5, 0.6) is 0 Å². The Balaban J connectivity index is 2.09. The standard InChI is InChI=1S/C12H17N3O2/c1-17-7-10(16)4-5-15-8-14-11-6-9(13)2-3-12(11)15/h2-3,6,8,10,16H,4-5,7,13H2,1H3. The van der Waals surface area contributed by atoms with Crippen molar-refractivity contribution in [1.82, 2.24) is 9.55 Å². The van der Waals surface area contributed by atoms with Crippen LogP contribution in [0.2, 0.25) is 0 Å². The number of hydrogen-bond donors (Lipinski definition) is 2. The van der Waals surface area contributed by atoms with Crippen LogP contribution in [0.4, 0.5) is 5.69 Å². The monoisotopic (exact) mass is 235 g/mol. The minimum atomic E-state index is -0.439. The third kappa shape index (κ3) is 2.75. The van der Waals surface area contributed by atoms with Crippen LogP contribution in [-0.2, 0) is 11.3 Å². The fourth-order valence-corrected chi connectivity index (χ4v) is 1.82. The van der Waals surface area contributed by atoms with Crippen molar-refractivity contribution in [3.8, 4) is 0 Å². The van der Waals surface area contributed by atoms with Gasteiger partial charge in [-0.05, 0) is 24.6 Å². The zero-order valence-electron chi connectivity index (χ0n) is 9.84. The van der Waals surface area contributed by atoms with Gasteiger partial charge < -0.3 is 20.1 Å². The summed E-state index contributed by atoms with van der Waals surface area (Å²) in [4.78, 5) is 4.27. The van der Waals surface area contributed by atoms with Crippen molar-refractivity contribution in [2.45, 2.75) is 19.1 Å². The van der Waals surface area contributed by atoms with E-state index in [1.54, 1.807) is 13.4 Å². The number of aliphatic hydroxyl groups excluding tert-OH is 1. The highest BCUT2D eigenvalue weighted by molar-refractivity contribution is 5.78. The maximum absolute atomic E-state index is 9.59. The summed E-state index contributed by atoms with van der Waals surface area (Å²) in [5, 5.41) is 9.59. The maximum atomic E-state index is 9.59. The molecule has 92 valence electrons. The van der Waals surface area contributed by atoms with Crippen molar-refractivity contribution < 1.29 is 9.84 Å². The number of fused-ring (bicyclic) bond motifs is 1. The summed E-state index contributed by atoms with van der Waals surface area (Å²) in [6.45, 7) is 1.07. The summed E-state index contributed by atoms with van der Waals surface area (Å²) in [5.41, 5.74) is 8.31. The molecule has 2 rings (SSSR count). The van der Waals surface area contributed by atoms with Gasteiger partial charge in [-0.15, -0.1) is 0 Å². The van der Waals surface area contributed by atoms with E-state index in [0.717, 1.165) is 11.0 Å². The largest absolute Gasteiger partial charge is 0.399 e. The minimum absolute atomic E-state index is 0.361. The molecule has 0 aliphatic rings. The third-order valence-corrected chi connectivity index (χ3v) is 2.71. The first-order valence-electron chi connectivity index (χ1n) is 5.58. The lowest BCUT2D eigenvalue weighted by atomic mass is 10.2. The zero-order chi connectivity index (χ0) is 12.3. The Morgan fingerprint density at radius 3 is 3.12 bits per heavy atom. The molecule has 1 heterocycles. The van der Waals surface area contributed by atoms with E-state index in [-0.39, 0.29) is 0 Å². The van der Waals surface area contributed by atoms with E-state index >= 15 is 0 Å². The minimum Gasteiger partial charge on any atom is -0.399 e. The number of aromatic nitrogens is 2. The topological polar surface area (TPSA) is 73.3 Å². The van der Waals surface area contributed by atoms with E-state index in [4.69, 9.17) is 10.5 Å². The highest BCUT2D eigenvalue weighted by atomic mass is 16.5. The fourth-order valence-electron chi connectivity index (χ4n) is 1.82. The van der Waals surface area contributed by atoms with E-state index < -0.39 is 6.10 Å². The number of rotatable bonds is 5. The van der Waals surface area contributed by atoms with E-state index in [9.17, 15) is 5.11 Å². The highest BCUT2D eigenvalue weighted by Gasteiger charge is 2.06. The van der Waals surface area contributed by atoms with Crippen LogP contribution < -0.4 is 5.73 Å². The predicted molar refractivity (Wildman–Crippen MR) is 66.6 cm³/mol. The maximum Gasteiger partial charge on any atom is 0.0958 e. The molecule has 3 N–H and O–H groups in total. The molecule has 1 aromatic heterocycles. The van der Waals surface area contributed by atoms with Gasteiger partial charge in [-0.25, -0.2) is 4.98 Å². The van der Waals surface area contributed by atoms with Gasteiger partial charge in [-0.1, -0.05) is 0 Å². The predicted octanol–water partition coefficient (Wildman–Crippen LogP) is 1.02. The Morgan fingerprint density at radius 1 is 1.53 bits per heavy atom. The molecule has 0 aliphatic heterocycles. The van der Waals surface area contributed by atoms with Crippen LogP contribution in [0, 0.1) is 0 Å². The summed E-state index contributed by atoms with van der Waals surface area (Å²) < 4.78 is 6.89. The van der Waals surface area contributed by atoms with Crippen molar-refractivity contribution >= 4 is 16.7 Å². The van der Waals surface area contributed by atoms with Crippen LogP contribution in [0.3, 0.4) is 0 Å². The number of nitrogens with two attached hydrogens (primary N) is 1. The van der Waals surface area contributed by atoms with E-state index in [0.29, 0.717) is 25.3 Å². The first-order valence-corrected chi connectivity index (χ1v) is 5.58. The molecule has 0 saturated heterocycles. The van der Waals surface area contributed by atoms with E-state index in [1.807, 2.05) is 22.8 Å². The number of benzene rings is 1. The fraction of sp³-hybridized carbons (Fsp3) is 0.417. The summed E-state index contributed by atoms with van der Waals surface area (Å²) in [6, 6.07) is 5.64. The lowest BCUT2D eigenvalue weighted by Gasteiger charge is -2.10. The quantitative estimate of drug-likeness (QED) is 0.759. The van der Waals surface area contributed by atoms with Gasteiger partial charge in [-0.3, -0.25) is 0 Å². The Labute approximate surface area is 99.8 Å². The first kappa shape index (κ1) is 11.9. The molecule has 1 unspecified atom stereocenters. The highest BCUT2D eigenvalue weighted by Crippen LogP contribution is 2.16. The van der Waals surface area contributed by atoms with Gasteiger partial charge in [0.1, 0.15) is 0 Å². The summed E-state index contributed by atoms with van der Waals surface area (Å²) in [6.07, 6.45) is 1.97. The molecule has 0 fully saturated rings. The molecule has 0 aliphatic carbocycles. The Hall–Kier alpha value is -1.59. The van der Waals surface area contributed by atoms with Gasteiger partial charge in [0.2, 0.25) is 0 Å². The Bertz CT molecular complexity index is 495. The van der Waals surface area contributed by atoms with Crippen molar-refractivity contribution in [1.29, 1.82) is 0 Å². The van der Waals surface area contributed by atoms with Crippen molar-refractivity contribution in [2.75, 3.05) is 19.5 Å². The Kier molecular flexibility index (Phi) is 3.61. The van der Waals surface area contributed by atoms with Crippen LogP contribution in [-0.4, -0.2) is 34.5 Å². The first-order chi connectivity index (χ1) is 8.20. The summed E-state index contributed by atoms with van der Waals surface area (Å²) in [5.74, 6) is 0. The lowest BCUT2D eigenvalue weighted by molar-refractivity contribution is 0.0567. The molecule has 0 amide bonds. The molecule has 0 spiro atoms. The number of hydrogen-bond acceptors (Lipinski definition) is 4. The van der Waals surface area contributed by atoms with Crippen molar-refractivity contribution in [2.24, 2.45) is 0 Å². The number of methoxy groups -OCH3 is 1. The van der Waals surface area contributed by atoms with Crippen LogP contribution in [0.15, 0.2) is 24.5 Å². The molecule has 17 heavy (non-hydrogen) atoms. The van der Waals surface area contributed by atoms with Gasteiger partial charge in [0.05, 0.1) is 30.1 Å².